The number of aryl methyl sites for hydroxylation is 1. The number of para-hydroxylation sites is 1. The highest BCUT2D eigenvalue weighted by atomic mass is 32.1. The van der Waals surface area contributed by atoms with Gasteiger partial charge < -0.3 is 4.57 Å². The van der Waals surface area contributed by atoms with Crippen molar-refractivity contribution in [2.24, 2.45) is 7.05 Å². The lowest BCUT2D eigenvalue weighted by molar-refractivity contribution is 1.02. The molecule has 0 saturated carbocycles. The van der Waals surface area contributed by atoms with E-state index in [-0.39, 0.29) is 0 Å². The van der Waals surface area contributed by atoms with E-state index in [1.165, 1.54) is 53.5 Å². The van der Waals surface area contributed by atoms with Crippen LogP contribution in [0.1, 0.15) is 0 Å². The molecule has 2 heteroatoms. The maximum atomic E-state index is 2.39. The molecule has 0 fully saturated rings. The Labute approximate surface area is 173 Å². The minimum atomic E-state index is 1.28. The van der Waals surface area contributed by atoms with Crippen LogP contribution in [-0.2, 0) is 7.05 Å². The van der Waals surface area contributed by atoms with Crippen molar-refractivity contribution in [3.05, 3.63) is 97.1 Å². The summed E-state index contributed by atoms with van der Waals surface area (Å²) in [7, 11) is 2.18. The molecule has 0 radical (unpaired) electrons. The highest BCUT2D eigenvalue weighted by Gasteiger charge is 2.16. The zero-order chi connectivity index (χ0) is 19.4. The van der Waals surface area contributed by atoms with Crippen molar-refractivity contribution in [3.63, 3.8) is 0 Å². The molecule has 138 valence electrons. The first kappa shape index (κ1) is 16.6. The van der Waals surface area contributed by atoms with E-state index in [1.807, 2.05) is 11.3 Å². The Balaban J connectivity index is 1.69. The Kier molecular flexibility index (Phi) is 3.62. The lowest BCUT2D eigenvalue weighted by Gasteiger charge is -2.09. The number of hydrogen-bond donors (Lipinski definition) is 0. The lowest BCUT2D eigenvalue weighted by Crippen LogP contribution is -1.88. The number of nitrogens with zero attached hydrogens (tertiary/aromatic N) is 1. The van der Waals surface area contributed by atoms with Crippen molar-refractivity contribution in [2.45, 2.75) is 0 Å². The van der Waals surface area contributed by atoms with E-state index in [4.69, 9.17) is 0 Å². The molecule has 0 aliphatic heterocycles. The summed E-state index contributed by atoms with van der Waals surface area (Å²) in [6.45, 7) is 0. The summed E-state index contributed by atoms with van der Waals surface area (Å²) in [5.41, 5.74) is 5.18. The molecule has 0 bridgehead atoms. The second-order valence-electron chi connectivity index (χ2n) is 7.47. The third kappa shape index (κ3) is 2.46. The summed E-state index contributed by atoms with van der Waals surface area (Å²) in [4.78, 5) is 2.62. The number of benzene rings is 4. The monoisotopic (exact) mass is 389 g/mol. The van der Waals surface area contributed by atoms with Crippen LogP contribution in [0.15, 0.2) is 97.1 Å². The molecule has 0 spiro atoms. The molecule has 0 aliphatic rings. The SMILES string of the molecule is Cn1c2ccccc2c2cc(-c3ccc(-c4ccccc4)s3)c3ccccc3c21. The third-order valence-electron chi connectivity index (χ3n) is 5.84. The zero-order valence-corrected chi connectivity index (χ0v) is 16.9. The molecule has 0 aliphatic carbocycles. The Morgan fingerprint density at radius 3 is 2.07 bits per heavy atom. The van der Waals surface area contributed by atoms with Gasteiger partial charge in [0.15, 0.2) is 0 Å². The third-order valence-corrected chi connectivity index (χ3v) is 7.00. The number of rotatable bonds is 2. The number of fused-ring (bicyclic) bond motifs is 5. The van der Waals surface area contributed by atoms with Crippen LogP contribution in [0.5, 0.6) is 0 Å². The van der Waals surface area contributed by atoms with Gasteiger partial charge in [-0.05, 0) is 35.2 Å². The Hall–Kier alpha value is -3.36. The van der Waals surface area contributed by atoms with Crippen LogP contribution in [0.3, 0.4) is 0 Å². The van der Waals surface area contributed by atoms with Crippen LogP contribution in [0.25, 0.3) is 53.5 Å². The molecule has 6 aromatic rings. The van der Waals surface area contributed by atoms with Crippen molar-refractivity contribution in [1.29, 1.82) is 0 Å². The molecule has 0 amide bonds. The topological polar surface area (TPSA) is 4.93 Å². The average Bonchev–Trinajstić information content (AvgIpc) is 3.38. The number of hydrogen-bond acceptors (Lipinski definition) is 1. The quantitative estimate of drug-likeness (QED) is 0.284. The second-order valence-corrected chi connectivity index (χ2v) is 8.56. The van der Waals surface area contributed by atoms with Gasteiger partial charge in [0, 0.05) is 44.0 Å². The highest BCUT2D eigenvalue weighted by molar-refractivity contribution is 7.18. The van der Waals surface area contributed by atoms with E-state index < -0.39 is 0 Å². The number of aromatic nitrogens is 1. The van der Waals surface area contributed by atoms with E-state index in [0.717, 1.165) is 0 Å². The van der Waals surface area contributed by atoms with Crippen LogP contribution < -0.4 is 0 Å². The smallest absolute Gasteiger partial charge is 0.0568 e. The molecular weight excluding hydrogens is 370 g/mol. The van der Waals surface area contributed by atoms with Gasteiger partial charge in [-0.1, -0.05) is 72.8 Å². The van der Waals surface area contributed by atoms with E-state index in [2.05, 4.69) is 109 Å². The van der Waals surface area contributed by atoms with Gasteiger partial charge in [-0.2, -0.15) is 0 Å². The summed E-state index contributed by atoms with van der Waals surface area (Å²) >= 11 is 1.87. The van der Waals surface area contributed by atoms with Crippen LogP contribution in [0.2, 0.25) is 0 Å². The molecule has 6 rings (SSSR count). The van der Waals surface area contributed by atoms with E-state index >= 15 is 0 Å². The maximum absolute atomic E-state index is 2.39. The molecule has 29 heavy (non-hydrogen) atoms. The van der Waals surface area contributed by atoms with Gasteiger partial charge in [-0.3, -0.25) is 0 Å². The molecule has 4 aromatic carbocycles. The van der Waals surface area contributed by atoms with Crippen molar-refractivity contribution >= 4 is 43.9 Å². The Morgan fingerprint density at radius 2 is 1.24 bits per heavy atom. The molecule has 1 nitrogen and oxygen atoms in total. The molecule has 0 unspecified atom stereocenters. The summed E-state index contributed by atoms with van der Waals surface area (Å²) < 4.78 is 2.33. The molecule has 2 heterocycles. The molecular formula is C27H19NS. The Bertz CT molecular complexity index is 1500. The average molecular weight is 390 g/mol. The highest BCUT2D eigenvalue weighted by Crippen LogP contribution is 2.42. The van der Waals surface area contributed by atoms with Crippen molar-refractivity contribution in [3.8, 4) is 20.9 Å². The summed E-state index contributed by atoms with van der Waals surface area (Å²) in [6, 6.07) is 35.0. The van der Waals surface area contributed by atoms with E-state index in [9.17, 15) is 0 Å². The van der Waals surface area contributed by atoms with E-state index in [1.54, 1.807) is 0 Å². The second kappa shape index (κ2) is 6.33. The molecule has 2 aromatic heterocycles. The van der Waals surface area contributed by atoms with E-state index in [0.29, 0.717) is 0 Å². The van der Waals surface area contributed by atoms with Gasteiger partial charge >= 0.3 is 0 Å². The van der Waals surface area contributed by atoms with Crippen LogP contribution in [-0.4, -0.2) is 4.57 Å². The van der Waals surface area contributed by atoms with Gasteiger partial charge in [0.25, 0.3) is 0 Å². The van der Waals surface area contributed by atoms with Crippen LogP contribution in [0, 0.1) is 0 Å². The predicted molar refractivity (Wildman–Crippen MR) is 127 cm³/mol. The van der Waals surface area contributed by atoms with Gasteiger partial charge in [0.2, 0.25) is 0 Å². The summed E-state index contributed by atoms with van der Waals surface area (Å²) in [6.07, 6.45) is 0. The van der Waals surface area contributed by atoms with Crippen molar-refractivity contribution < 1.29 is 0 Å². The van der Waals surface area contributed by atoms with Crippen molar-refractivity contribution in [1.82, 2.24) is 4.57 Å². The van der Waals surface area contributed by atoms with Gasteiger partial charge in [-0.15, -0.1) is 11.3 Å². The minimum Gasteiger partial charge on any atom is -0.343 e. The first-order valence-corrected chi connectivity index (χ1v) is 10.7. The first-order valence-electron chi connectivity index (χ1n) is 9.86. The van der Waals surface area contributed by atoms with Crippen molar-refractivity contribution in [2.75, 3.05) is 0 Å². The lowest BCUT2D eigenvalue weighted by atomic mass is 9.99. The Morgan fingerprint density at radius 1 is 0.586 bits per heavy atom. The van der Waals surface area contributed by atoms with Gasteiger partial charge in [0.05, 0.1) is 5.52 Å². The van der Waals surface area contributed by atoms with Crippen LogP contribution in [0.4, 0.5) is 0 Å². The molecule has 0 atom stereocenters. The summed E-state index contributed by atoms with van der Waals surface area (Å²) in [5.74, 6) is 0. The molecule has 0 N–H and O–H groups in total. The zero-order valence-electron chi connectivity index (χ0n) is 16.1. The minimum absolute atomic E-state index is 1.28. The normalized spacial score (nSPS) is 11.6. The standard InChI is InChI=1S/C27H19NS/c1-28-24-14-8-7-12-20(24)23-17-22(19-11-5-6-13-21(19)27(23)28)26-16-15-25(29-26)18-9-3-2-4-10-18/h2-17H,1H3. The van der Waals surface area contributed by atoms with Gasteiger partial charge in [0.1, 0.15) is 0 Å². The van der Waals surface area contributed by atoms with Gasteiger partial charge in [-0.25, -0.2) is 0 Å². The fraction of sp³-hybridized carbons (Fsp3) is 0.0370. The summed E-state index contributed by atoms with van der Waals surface area (Å²) in [5, 5.41) is 5.27. The largest absolute Gasteiger partial charge is 0.343 e. The maximum Gasteiger partial charge on any atom is 0.0568 e. The van der Waals surface area contributed by atoms with Crippen LogP contribution >= 0.6 is 11.3 Å². The fourth-order valence-electron chi connectivity index (χ4n) is 4.49. The molecule has 0 saturated heterocycles. The number of thiophene rings is 1. The predicted octanol–water partition coefficient (Wildman–Crippen LogP) is 7.88. The fourth-order valence-corrected chi connectivity index (χ4v) is 5.53. The first-order chi connectivity index (χ1) is 14.3.